The van der Waals surface area contributed by atoms with Crippen LogP contribution in [0.5, 0.6) is 11.5 Å². The minimum Gasteiger partial charge on any atom is -0.497 e. The fraction of sp³-hybridized carbons (Fsp3) is 0.258. The van der Waals surface area contributed by atoms with E-state index in [0.717, 1.165) is 16.7 Å². The molecule has 4 aromatic rings. The predicted octanol–water partition coefficient (Wildman–Crippen LogP) is 5.14. The summed E-state index contributed by atoms with van der Waals surface area (Å²) >= 11 is 7.72. The van der Waals surface area contributed by atoms with Crippen molar-refractivity contribution in [1.29, 1.82) is 0 Å². The first-order valence-corrected chi connectivity index (χ1v) is 14.7. The van der Waals surface area contributed by atoms with E-state index in [4.69, 9.17) is 30.9 Å². The van der Waals surface area contributed by atoms with Gasteiger partial charge in [-0.1, -0.05) is 41.9 Å². The van der Waals surface area contributed by atoms with Gasteiger partial charge in [0.2, 0.25) is 11.8 Å². The first-order chi connectivity index (χ1) is 20.4. The number of hydrogen-bond donors (Lipinski definition) is 1. The second-order valence-corrected chi connectivity index (χ2v) is 11.0. The van der Waals surface area contributed by atoms with E-state index in [0.29, 0.717) is 46.9 Å². The van der Waals surface area contributed by atoms with E-state index in [-0.39, 0.29) is 29.4 Å². The maximum absolute atomic E-state index is 13.8. The summed E-state index contributed by atoms with van der Waals surface area (Å²) in [4.78, 5) is 28.5. The Morgan fingerprint density at radius 2 is 1.76 bits per heavy atom. The Bertz CT molecular complexity index is 1560. The second-order valence-electron chi connectivity index (χ2n) is 9.46. The van der Waals surface area contributed by atoms with Crippen molar-refractivity contribution < 1.29 is 23.8 Å². The summed E-state index contributed by atoms with van der Waals surface area (Å²) in [6.07, 6.45) is 0. The third-order valence-electron chi connectivity index (χ3n) is 6.88. The smallest absolute Gasteiger partial charge is 0.240 e. The van der Waals surface area contributed by atoms with Gasteiger partial charge < -0.3 is 19.5 Å². The zero-order valence-electron chi connectivity index (χ0n) is 23.5. The highest BCUT2D eigenvalue weighted by Crippen LogP contribution is 2.50. The Hall–Kier alpha value is -3.99. The van der Waals surface area contributed by atoms with Crippen LogP contribution in [0, 0.1) is 0 Å². The van der Waals surface area contributed by atoms with Crippen LogP contribution in [0.2, 0.25) is 5.02 Å². The molecule has 42 heavy (non-hydrogen) atoms. The largest absolute Gasteiger partial charge is 0.497 e. The number of carbonyl (C=O) groups excluding carboxylic acids is 2. The molecule has 0 saturated heterocycles. The second kappa shape index (κ2) is 13.3. The Labute approximate surface area is 253 Å². The van der Waals surface area contributed by atoms with E-state index in [9.17, 15) is 9.59 Å². The third-order valence-corrected chi connectivity index (χ3v) is 8.36. The lowest BCUT2D eigenvalue weighted by Crippen LogP contribution is -2.43. The van der Waals surface area contributed by atoms with Crippen molar-refractivity contribution in [3.63, 3.8) is 0 Å². The Balaban J connectivity index is 1.77. The number of ether oxygens (including phenoxy) is 3. The lowest BCUT2D eigenvalue weighted by molar-refractivity contribution is -0.123. The molecule has 1 atom stereocenters. The van der Waals surface area contributed by atoms with Crippen LogP contribution in [0.4, 0.5) is 5.82 Å². The molecule has 1 aliphatic rings. The number of benzene rings is 3. The van der Waals surface area contributed by atoms with E-state index >= 15 is 0 Å². The van der Waals surface area contributed by atoms with Gasteiger partial charge in [0.1, 0.15) is 23.9 Å². The number of carbonyl (C=O) groups is 2. The number of methoxy groups -OCH3 is 3. The Kier molecular flexibility index (Phi) is 9.36. The summed E-state index contributed by atoms with van der Waals surface area (Å²) < 4.78 is 17.9. The number of aromatic nitrogens is 2. The average molecular weight is 607 g/mol. The van der Waals surface area contributed by atoms with Crippen LogP contribution >= 0.6 is 23.4 Å². The number of para-hydroxylation sites is 1. The zero-order valence-corrected chi connectivity index (χ0v) is 25.1. The van der Waals surface area contributed by atoms with Crippen LogP contribution in [-0.2, 0) is 14.3 Å². The normalized spacial score (nSPS) is 14.7. The number of fused-ring (bicyclic) bond motifs is 1. The molecule has 1 unspecified atom stereocenters. The van der Waals surface area contributed by atoms with Gasteiger partial charge >= 0.3 is 0 Å². The highest BCUT2D eigenvalue weighted by atomic mass is 35.5. The summed E-state index contributed by atoms with van der Waals surface area (Å²) in [5.41, 5.74) is 3.88. The van der Waals surface area contributed by atoms with Gasteiger partial charge in [-0.05, 0) is 42.5 Å². The van der Waals surface area contributed by atoms with Gasteiger partial charge in [0.05, 0.1) is 43.2 Å². The van der Waals surface area contributed by atoms with Gasteiger partial charge in [0.15, 0.2) is 0 Å². The topological polar surface area (TPSA) is 94.9 Å². The number of nitrogens with one attached hydrogen (secondary N) is 1. The number of anilines is 1. The third kappa shape index (κ3) is 6.11. The van der Waals surface area contributed by atoms with E-state index in [1.165, 1.54) is 16.7 Å². The molecule has 0 fully saturated rings. The molecule has 9 nitrogen and oxygen atoms in total. The van der Waals surface area contributed by atoms with Crippen molar-refractivity contribution in [3.8, 4) is 28.4 Å². The molecule has 0 saturated carbocycles. The molecule has 2 heterocycles. The van der Waals surface area contributed by atoms with E-state index in [1.54, 1.807) is 26.0 Å². The quantitative estimate of drug-likeness (QED) is 0.250. The zero-order chi connectivity index (χ0) is 29.6. The fourth-order valence-corrected chi connectivity index (χ4v) is 6.21. The highest BCUT2D eigenvalue weighted by Gasteiger charge is 2.38. The minimum atomic E-state index is -0.334. The van der Waals surface area contributed by atoms with Gasteiger partial charge in [-0.2, -0.15) is 5.10 Å². The van der Waals surface area contributed by atoms with Crippen molar-refractivity contribution in [1.82, 2.24) is 15.1 Å². The first kappa shape index (κ1) is 29.5. The van der Waals surface area contributed by atoms with Crippen LogP contribution in [-0.4, -0.2) is 68.4 Å². The Morgan fingerprint density at radius 3 is 2.45 bits per heavy atom. The van der Waals surface area contributed by atoms with Crippen LogP contribution in [0.3, 0.4) is 0 Å². The standard InChI is InChI=1S/C31H31ClN4O5S/c1-39-17-16-33-26(37)18-35-27(38)19-42-30(24-6-4-5-7-25(24)41-3)28-29(20-8-10-21(32)11-9-20)34-36(31(28)35)22-12-14-23(40-2)15-13-22/h4-15,30H,16-19H2,1-3H3,(H,33,37). The van der Waals surface area contributed by atoms with Crippen molar-refractivity contribution in [2.75, 3.05) is 51.7 Å². The summed E-state index contributed by atoms with van der Waals surface area (Å²) in [6.45, 7) is 0.508. The van der Waals surface area contributed by atoms with E-state index in [1.807, 2.05) is 72.8 Å². The van der Waals surface area contributed by atoms with Crippen molar-refractivity contribution in [2.24, 2.45) is 0 Å². The lowest BCUT2D eigenvalue weighted by atomic mass is 9.99. The molecule has 0 spiro atoms. The number of rotatable bonds is 10. The molecule has 5 rings (SSSR count). The van der Waals surface area contributed by atoms with E-state index < -0.39 is 0 Å². The predicted molar refractivity (Wildman–Crippen MR) is 165 cm³/mol. The van der Waals surface area contributed by atoms with Crippen LogP contribution in [0.15, 0.2) is 72.8 Å². The molecule has 1 aromatic heterocycles. The molecule has 1 aliphatic heterocycles. The first-order valence-electron chi connectivity index (χ1n) is 13.3. The lowest BCUT2D eigenvalue weighted by Gasteiger charge is -2.23. The molecule has 11 heteroatoms. The van der Waals surface area contributed by atoms with Gasteiger partial charge in [-0.25, -0.2) is 4.68 Å². The summed E-state index contributed by atoms with van der Waals surface area (Å²) in [6, 6.07) is 22.6. The van der Waals surface area contributed by atoms with Crippen LogP contribution in [0.1, 0.15) is 16.4 Å². The molecular weight excluding hydrogens is 576 g/mol. The molecule has 1 N–H and O–H groups in total. The number of halogens is 1. The molecular formula is C31H31ClN4O5S. The summed E-state index contributed by atoms with van der Waals surface area (Å²) in [5, 5.41) is 8.19. The monoisotopic (exact) mass is 606 g/mol. The number of nitrogens with zero attached hydrogens (tertiary/aromatic N) is 3. The fourth-order valence-electron chi connectivity index (χ4n) is 4.86. The molecule has 0 bridgehead atoms. The number of hydrogen-bond acceptors (Lipinski definition) is 7. The average Bonchev–Trinajstić information content (AvgIpc) is 3.34. The van der Waals surface area contributed by atoms with E-state index in [2.05, 4.69) is 5.32 Å². The van der Waals surface area contributed by atoms with Crippen molar-refractivity contribution in [2.45, 2.75) is 5.25 Å². The summed E-state index contributed by atoms with van der Waals surface area (Å²) in [7, 11) is 4.80. The highest BCUT2D eigenvalue weighted by molar-refractivity contribution is 8.00. The Morgan fingerprint density at radius 1 is 1.02 bits per heavy atom. The van der Waals surface area contributed by atoms with Gasteiger partial charge in [0.25, 0.3) is 0 Å². The van der Waals surface area contributed by atoms with Gasteiger partial charge in [-0.3, -0.25) is 14.5 Å². The molecule has 2 amide bonds. The van der Waals surface area contributed by atoms with Crippen molar-refractivity contribution >= 4 is 41.0 Å². The summed E-state index contributed by atoms with van der Waals surface area (Å²) in [5.74, 6) is 1.52. The molecule has 218 valence electrons. The number of thioether (sulfide) groups is 1. The minimum absolute atomic E-state index is 0.144. The van der Waals surface area contributed by atoms with Crippen LogP contribution < -0.4 is 19.7 Å². The number of amides is 2. The maximum Gasteiger partial charge on any atom is 0.240 e. The van der Waals surface area contributed by atoms with Gasteiger partial charge in [0, 0.05) is 35.4 Å². The van der Waals surface area contributed by atoms with Crippen molar-refractivity contribution in [3.05, 3.63) is 88.9 Å². The molecule has 3 aromatic carbocycles. The SMILES string of the molecule is COCCNC(=O)CN1C(=O)CSC(c2ccccc2OC)c2c(-c3ccc(Cl)cc3)nn(-c3ccc(OC)cc3)c21. The van der Waals surface area contributed by atoms with Gasteiger partial charge in [-0.15, -0.1) is 11.8 Å². The molecule has 0 radical (unpaired) electrons. The van der Waals surface area contributed by atoms with Crippen LogP contribution in [0.25, 0.3) is 16.9 Å². The maximum atomic E-state index is 13.8. The molecule has 0 aliphatic carbocycles.